The Balaban J connectivity index is 1.58. The molecule has 0 saturated carbocycles. The van der Waals surface area contributed by atoms with Gasteiger partial charge in [-0.3, -0.25) is 14.3 Å². The SMILES string of the molecule is Cn1c(=O)[nH]c(=O)c2c1nc(Br)n2CC(O)COc1cccc2ccccc12. The lowest BCUT2D eigenvalue weighted by atomic mass is 10.1. The maximum atomic E-state index is 12.2. The number of imidazole rings is 1. The number of fused-ring (bicyclic) bond motifs is 2. The highest BCUT2D eigenvalue weighted by molar-refractivity contribution is 9.10. The van der Waals surface area contributed by atoms with Crippen LogP contribution in [-0.2, 0) is 13.6 Å². The summed E-state index contributed by atoms with van der Waals surface area (Å²) in [5.74, 6) is 0.673. The summed E-state index contributed by atoms with van der Waals surface area (Å²) >= 11 is 3.29. The molecule has 0 aliphatic carbocycles. The van der Waals surface area contributed by atoms with Crippen LogP contribution < -0.4 is 16.0 Å². The third-order valence-electron chi connectivity index (χ3n) is 4.53. The van der Waals surface area contributed by atoms with Gasteiger partial charge in [-0.25, -0.2) is 9.78 Å². The summed E-state index contributed by atoms with van der Waals surface area (Å²) in [6.07, 6.45) is -0.899. The average Bonchev–Trinajstić information content (AvgIpc) is 3.01. The second-order valence-electron chi connectivity index (χ2n) is 6.42. The average molecular weight is 445 g/mol. The lowest BCUT2D eigenvalue weighted by molar-refractivity contribution is 0.0936. The van der Waals surface area contributed by atoms with E-state index in [-0.39, 0.29) is 24.3 Å². The molecule has 0 bridgehead atoms. The first-order valence-electron chi connectivity index (χ1n) is 8.59. The smallest absolute Gasteiger partial charge is 0.329 e. The van der Waals surface area contributed by atoms with Crippen molar-refractivity contribution in [3.8, 4) is 5.75 Å². The standard InChI is InChI=1S/C19H17BrN4O4/c1-23-16-15(17(26)22-19(23)27)24(18(20)21-16)9-12(25)10-28-14-8-4-6-11-5-2-3-7-13(11)14/h2-8,12,25H,9-10H2,1H3,(H,22,26,27). The van der Waals surface area contributed by atoms with Gasteiger partial charge in [0.15, 0.2) is 15.9 Å². The van der Waals surface area contributed by atoms with E-state index in [9.17, 15) is 14.7 Å². The minimum atomic E-state index is -0.899. The molecule has 144 valence electrons. The maximum Gasteiger partial charge on any atom is 0.329 e. The van der Waals surface area contributed by atoms with Gasteiger partial charge in [0.1, 0.15) is 18.5 Å². The number of aryl methyl sites for hydroxylation is 1. The molecule has 1 atom stereocenters. The molecule has 4 rings (SSSR count). The van der Waals surface area contributed by atoms with Crippen molar-refractivity contribution in [2.24, 2.45) is 7.05 Å². The van der Waals surface area contributed by atoms with Crippen LogP contribution in [0.25, 0.3) is 21.9 Å². The van der Waals surface area contributed by atoms with E-state index in [2.05, 4.69) is 25.9 Å². The molecule has 9 heteroatoms. The summed E-state index contributed by atoms with van der Waals surface area (Å²) in [6.45, 7) is 0.104. The Morgan fingerprint density at radius 3 is 2.79 bits per heavy atom. The maximum absolute atomic E-state index is 12.2. The third kappa shape index (κ3) is 3.23. The first-order valence-corrected chi connectivity index (χ1v) is 9.38. The van der Waals surface area contributed by atoms with Crippen LogP contribution in [-0.4, -0.2) is 36.9 Å². The van der Waals surface area contributed by atoms with Gasteiger partial charge in [-0.2, -0.15) is 0 Å². The Labute approximate surface area is 167 Å². The summed E-state index contributed by atoms with van der Waals surface area (Å²) in [6, 6.07) is 13.6. The van der Waals surface area contributed by atoms with Crippen molar-refractivity contribution in [1.82, 2.24) is 19.1 Å². The molecule has 0 aliphatic heterocycles. The van der Waals surface area contributed by atoms with Gasteiger partial charge in [0.25, 0.3) is 5.56 Å². The van der Waals surface area contributed by atoms with Crippen LogP contribution >= 0.6 is 15.9 Å². The zero-order valence-corrected chi connectivity index (χ0v) is 16.5. The first-order chi connectivity index (χ1) is 13.5. The molecule has 0 fully saturated rings. The van der Waals surface area contributed by atoms with Gasteiger partial charge in [0.2, 0.25) is 0 Å². The van der Waals surface area contributed by atoms with Gasteiger partial charge in [0, 0.05) is 12.4 Å². The fourth-order valence-electron chi connectivity index (χ4n) is 3.15. The Bertz CT molecular complexity index is 1290. The van der Waals surface area contributed by atoms with E-state index in [0.29, 0.717) is 10.5 Å². The Morgan fingerprint density at radius 2 is 1.96 bits per heavy atom. The Hall–Kier alpha value is -2.91. The molecule has 2 heterocycles. The quantitative estimate of drug-likeness (QED) is 0.456. The molecule has 0 saturated heterocycles. The van der Waals surface area contributed by atoms with Crippen LogP contribution in [0.1, 0.15) is 0 Å². The summed E-state index contributed by atoms with van der Waals surface area (Å²) < 4.78 is 8.93. The van der Waals surface area contributed by atoms with Crippen molar-refractivity contribution >= 4 is 37.9 Å². The fourth-order valence-corrected chi connectivity index (χ4v) is 3.64. The van der Waals surface area contributed by atoms with Crippen LogP contribution in [0, 0.1) is 0 Å². The Morgan fingerprint density at radius 1 is 1.21 bits per heavy atom. The summed E-state index contributed by atoms with van der Waals surface area (Å²) in [7, 11) is 1.52. The molecule has 8 nitrogen and oxygen atoms in total. The van der Waals surface area contributed by atoms with Crippen molar-refractivity contribution in [2.75, 3.05) is 6.61 Å². The van der Waals surface area contributed by atoms with Gasteiger partial charge in [-0.05, 0) is 27.4 Å². The number of aromatic amines is 1. The number of nitrogens with zero attached hydrogens (tertiary/aromatic N) is 3. The number of nitrogens with one attached hydrogen (secondary N) is 1. The number of ether oxygens (including phenoxy) is 1. The zero-order valence-electron chi connectivity index (χ0n) is 14.9. The van der Waals surface area contributed by atoms with E-state index in [4.69, 9.17) is 4.74 Å². The lowest BCUT2D eigenvalue weighted by Crippen LogP contribution is -2.30. The fraction of sp³-hybridized carbons (Fsp3) is 0.211. The summed E-state index contributed by atoms with van der Waals surface area (Å²) in [5.41, 5.74) is -0.658. The Kier molecular flexibility index (Phi) is 4.78. The van der Waals surface area contributed by atoms with Crippen LogP contribution in [0.15, 0.2) is 56.8 Å². The number of hydrogen-bond acceptors (Lipinski definition) is 5. The van der Waals surface area contributed by atoms with E-state index >= 15 is 0 Å². The molecule has 1 unspecified atom stereocenters. The summed E-state index contributed by atoms with van der Waals surface area (Å²) in [4.78, 5) is 30.4. The van der Waals surface area contributed by atoms with E-state index in [1.54, 1.807) is 0 Å². The summed E-state index contributed by atoms with van der Waals surface area (Å²) in [5, 5.41) is 12.5. The number of aliphatic hydroxyl groups excluding tert-OH is 1. The number of halogens is 1. The third-order valence-corrected chi connectivity index (χ3v) is 5.14. The van der Waals surface area contributed by atoms with Crippen molar-refractivity contribution in [2.45, 2.75) is 12.6 Å². The van der Waals surface area contributed by atoms with Gasteiger partial charge >= 0.3 is 5.69 Å². The van der Waals surface area contributed by atoms with Crippen LogP contribution in [0.5, 0.6) is 5.75 Å². The van der Waals surface area contributed by atoms with Crippen molar-refractivity contribution < 1.29 is 9.84 Å². The molecular formula is C19H17BrN4O4. The highest BCUT2D eigenvalue weighted by atomic mass is 79.9. The van der Waals surface area contributed by atoms with E-state index < -0.39 is 17.4 Å². The molecule has 4 aromatic rings. The van der Waals surface area contributed by atoms with Crippen LogP contribution in [0.2, 0.25) is 0 Å². The topological polar surface area (TPSA) is 102 Å². The lowest BCUT2D eigenvalue weighted by Gasteiger charge is -2.15. The monoisotopic (exact) mass is 444 g/mol. The number of hydrogen-bond donors (Lipinski definition) is 2. The van der Waals surface area contributed by atoms with Crippen LogP contribution in [0.3, 0.4) is 0 Å². The van der Waals surface area contributed by atoms with Crippen molar-refractivity contribution in [3.63, 3.8) is 0 Å². The highest BCUT2D eigenvalue weighted by Gasteiger charge is 2.18. The van der Waals surface area contributed by atoms with Gasteiger partial charge < -0.3 is 14.4 Å². The second kappa shape index (κ2) is 7.25. The predicted octanol–water partition coefficient (Wildman–Crippen LogP) is 1.78. The number of benzene rings is 2. The van der Waals surface area contributed by atoms with Gasteiger partial charge in [0.05, 0.1) is 6.54 Å². The number of aliphatic hydroxyl groups is 1. The minimum absolute atomic E-state index is 0.0315. The molecule has 0 spiro atoms. The molecule has 0 radical (unpaired) electrons. The molecule has 0 aliphatic rings. The normalized spacial score (nSPS) is 12.5. The molecule has 2 aromatic heterocycles. The number of rotatable bonds is 5. The number of H-pyrrole nitrogens is 1. The predicted molar refractivity (Wildman–Crippen MR) is 109 cm³/mol. The molecular weight excluding hydrogens is 428 g/mol. The molecule has 2 aromatic carbocycles. The van der Waals surface area contributed by atoms with E-state index in [1.807, 2.05) is 42.5 Å². The molecule has 2 N–H and O–H groups in total. The second-order valence-corrected chi connectivity index (χ2v) is 7.13. The van der Waals surface area contributed by atoms with Crippen LogP contribution in [0.4, 0.5) is 0 Å². The number of aromatic nitrogens is 4. The van der Waals surface area contributed by atoms with Gasteiger partial charge in [-0.1, -0.05) is 36.4 Å². The molecule has 28 heavy (non-hydrogen) atoms. The minimum Gasteiger partial charge on any atom is -0.490 e. The van der Waals surface area contributed by atoms with Crippen molar-refractivity contribution in [3.05, 3.63) is 68.0 Å². The first kappa shape index (κ1) is 18.5. The van der Waals surface area contributed by atoms with E-state index in [0.717, 1.165) is 10.8 Å². The van der Waals surface area contributed by atoms with Crippen molar-refractivity contribution in [1.29, 1.82) is 0 Å². The van der Waals surface area contributed by atoms with E-state index in [1.165, 1.54) is 16.2 Å². The highest BCUT2D eigenvalue weighted by Crippen LogP contribution is 2.25. The molecule has 0 amide bonds. The zero-order chi connectivity index (χ0) is 19.8. The van der Waals surface area contributed by atoms with Gasteiger partial charge in [-0.15, -0.1) is 0 Å². The largest absolute Gasteiger partial charge is 0.490 e.